The van der Waals surface area contributed by atoms with E-state index in [2.05, 4.69) is 5.32 Å². The highest BCUT2D eigenvalue weighted by Crippen LogP contribution is 2.30. The number of hydrogen-bond acceptors (Lipinski definition) is 4. The van der Waals surface area contributed by atoms with Gasteiger partial charge in [-0.1, -0.05) is 19.3 Å². The number of carbonyl (C=O) groups excluding carboxylic acids is 2. The Balaban J connectivity index is 2.04. The molecule has 102 valence electrons. The number of methoxy groups -OCH3 is 1. The molecule has 1 aliphatic carbocycles. The van der Waals surface area contributed by atoms with Crippen molar-refractivity contribution < 1.29 is 19.1 Å². The van der Waals surface area contributed by atoms with Crippen molar-refractivity contribution in [1.82, 2.24) is 5.32 Å². The minimum absolute atomic E-state index is 0.0696. The Morgan fingerprint density at radius 3 is 2.56 bits per heavy atom. The molecule has 1 N–H and O–H groups in total. The van der Waals surface area contributed by atoms with Gasteiger partial charge in [0.2, 0.25) is 5.91 Å². The van der Waals surface area contributed by atoms with Crippen LogP contribution in [0, 0.1) is 5.92 Å². The summed E-state index contributed by atoms with van der Waals surface area (Å²) in [6, 6.07) is 0. The molecule has 2 rings (SSSR count). The van der Waals surface area contributed by atoms with E-state index < -0.39 is 5.54 Å². The van der Waals surface area contributed by atoms with Gasteiger partial charge in [-0.25, -0.2) is 4.79 Å². The second kappa shape index (κ2) is 5.69. The van der Waals surface area contributed by atoms with Crippen LogP contribution in [0.2, 0.25) is 0 Å². The molecule has 0 bridgehead atoms. The number of rotatable bonds is 3. The first-order valence-electron chi connectivity index (χ1n) is 6.66. The van der Waals surface area contributed by atoms with Gasteiger partial charge in [0, 0.05) is 6.61 Å². The lowest BCUT2D eigenvalue weighted by molar-refractivity contribution is -0.153. The maximum absolute atomic E-state index is 12.1. The quantitative estimate of drug-likeness (QED) is 0.765. The van der Waals surface area contributed by atoms with Crippen LogP contribution >= 0.6 is 0 Å². The van der Waals surface area contributed by atoms with Crippen LogP contribution in [0.5, 0.6) is 0 Å². The molecule has 0 aromatic carbocycles. The van der Waals surface area contributed by atoms with Crippen molar-refractivity contribution in [2.24, 2.45) is 5.92 Å². The summed E-state index contributed by atoms with van der Waals surface area (Å²) in [5, 5.41) is 2.93. The third-order valence-corrected chi connectivity index (χ3v) is 3.95. The minimum Gasteiger partial charge on any atom is -0.467 e. The predicted molar refractivity (Wildman–Crippen MR) is 64.9 cm³/mol. The molecule has 1 unspecified atom stereocenters. The zero-order chi connectivity index (χ0) is 13.0. The molecule has 1 heterocycles. The number of amides is 1. The maximum atomic E-state index is 12.1. The summed E-state index contributed by atoms with van der Waals surface area (Å²) >= 11 is 0. The molecular formula is C13H21NO4. The van der Waals surface area contributed by atoms with Crippen LogP contribution in [-0.2, 0) is 19.1 Å². The van der Waals surface area contributed by atoms with Crippen LogP contribution in [0.3, 0.4) is 0 Å². The number of ether oxygens (including phenoxy) is 2. The Bertz CT molecular complexity index is 317. The number of nitrogens with one attached hydrogen (secondary N) is 1. The van der Waals surface area contributed by atoms with Crippen LogP contribution in [0.4, 0.5) is 0 Å². The van der Waals surface area contributed by atoms with Gasteiger partial charge in [-0.05, 0) is 19.3 Å². The van der Waals surface area contributed by atoms with Gasteiger partial charge < -0.3 is 14.8 Å². The van der Waals surface area contributed by atoms with Gasteiger partial charge in [-0.15, -0.1) is 0 Å². The highest BCUT2D eigenvalue weighted by atomic mass is 16.5. The van der Waals surface area contributed by atoms with Crippen LogP contribution in [0.1, 0.15) is 38.5 Å². The van der Waals surface area contributed by atoms with E-state index in [9.17, 15) is 9.59 Å². The number of carbonyl (C=O) groups is 2. The number of esters is 1. The van der Waals surface area contributed by atoms with Crippen molar-refractivity contribution in [1.29, 1.82) is 0 Å². The van der Waals surface area contributed by atoms with E-state index >= 15 is 0 Å². The van der Waals surface area contributed by atoms with E-state index in [1.165, 1.54) is 7.11 Å². The molecule has 2 aliphatic rings. The van der Waals surface area contributed by atoms with Crippen LogP contribution in [0.25, 0.3) is 0 Å². The molecule has 1 aliphatic heterocycles. The van der Waals surface area contributed by atoms with E-state index in [1.54, 1.807) is 0 Å². The molecule has 0 spiro atoms. The van der Waals surface area contributed by atoms with Crippen molar-refractivity contribution in [3.63, 3.8) is 0 Å². The van der Waals surface area contributed by atoms with Gasteiger partial charge in [0.25, 0.3) is 0 Å². The van der Waals surface area contributed by atoms with Gasteiger partial charge in [-0.3, -0.25) is 4.79 Å². The SMILES string of the molecule is COC(=O)C1(NC(=O)C2CCOC2)CCCCC1. The Morgan fingerprint density at radius 2 is 2.00 bits per heavy atom. The second-order valence-corrected chi connectivity index (χ2v) is 5.18. The first-order chi connectivity index (χ1) is 8.68. The summed E-state index contributed by atoms with van der Waals surface area (Å²) in [5.41, 5.74) is -0.799. The van der Waals surface area contributed by atoms with E-state index in [0.717, 1.165) is 25.7 Å². The minimum atomic E-state index is -0.799. The monoisotopic (exact) mass is 255 g/mol. The standard InChI is InChI=1S/C13H21NO4/c1-17-12(16)13(6-3-2-4-7-13)14-11(15)10-5-8-18-9-10/h10H,2-9H2,1H3,(H,14,15). The fourth-order valence-electron chi connectivity index (χ4n) is 2.81. The molecule has 18 heavy (non-hydrogen) atoms. The molecule has 0 aromatic rings. The first kappa shape index (κ1) is 13.3. The molecule has 1 saturated carbocycles. The molecule has 2 fully saturated rings. The molecular weight excluding hydrogens is 234 g/mol. The largest absolute Gasteiger partial charge is 0.467 e. The van der Waals surface area contributed by atoms with Crippen LogP contribution < -0.4 is 5.32 Å². The highest BCUT2D eigenvalue weighted by molar-refractivity contribution is 5.89. The van der Waals surface area contributed by atoms with Gasteiger partial charge in [0.1, 0.15) is 5.54 Å². The summed E-state index contributed by atoms with van der Waals surface area (Å²) in [5.74, 6) is -0.497. The average molecular weight is 255 g/mol. The van der Waals surface area contributed by atoms with Gasteiger partial charge in [0.05, 0.1) is 19.6 Å². The molecule has 0 aromatic heterocycles. The molecule has 5 heteroatoms. The molecule has 0 radical (unpaired) electrons. The first-order valence-corrected chi connectivity index (χ1v) is 6.66. The van der Waals surface area contributed by atoms with E-state index in [4.69, 9.17) is 9.47 Å². The summed E-state index contributed by atoms with van der Waals surface area (Å²) in [4.78, 5) is 24.1. The van der Waals surface area contributed by atoms with Crippen molar-refractivity contribution in [2.75, 3.05) is 20.3 Å². The van der Waals surface area contributed by atoms with Gasteiger partial charge in [0.15, 0.2) is 0 Å². The predicted octanol–water partition coefficient (Wildman–Crippen LogP) is 1.01. The van der Waals surface area contributed by atoms with Gasteiger partial charge >= 0.3 is 5.97 Å². The lowest BCUT2D eigenvalue weighted by Gasteiger charge is -2.35. The van der Waals surface area contributed by atoms with E-state index in [1.807, 2.05) is 0 Å². The number of hydrogen-bond donors (Lipinski definition) is 1. The Morgan fingerprint density at radius 1 is 1.28 bits per heavy atom. The van der Waals surface area contributed by atoms with Crippen molar-refractivity contribution in [3.8, 4) is 0 Å². The fraction of sp³-hybridized carbons (Fsp3) is 0.846. The molecule has 5 nitrogen and oxygen atoms in total. The Labute approximate surface area is 107 Å². The van der Waals surface area contributed by atoms with E-state index in [-0.39, 0.29) is 17.8 Å². The van der Waals surface area contributed by atoms with Gasteiger partial charge in [-0.2, -0.15) is 0 Å². The van der Waals surface area contributed by atoms with Crippen molar-refractivity contribution in [2.45, 2.75) is 44.1 Å². The van der Waals surface area contributed by atoms with E-state index in [0.29, 0.717) is 26.1 Å². The van der Waals surface area contributed by atoms with Crippen LogP contribution in [0.15, 0.2) is 0 Å². The average Bonchev–Trinajstić information content (AvgIpc) is 2.93. The highest BCUT2D eigenvalue weighted by Gasteiger charge is 2.43. The molecule has 1 atom stereocenters. The Kier molecular flexibility index (Phi) is 4.22. The molecule has 1 amide bonds. The van der Waals surface area contributed by atoms with Crippen molar-refractivity contribution >= 4 is 11.9 Å². The topological polar surface area (TPSA) is 64.6 Å². The third-order valence-electron chi connectivity index (χ3n) is 3.95. The van der Waals surface area contributed by atoms with Crippen molar-refractivity contribution in [3.05, 3.63) is 0 Å². The smallest absolute Gasteiger partial charge is 0.331 e. The second-order valence-electron chi connectivity index (χ2n) is 5.18. The normalized spacial score (nSPS) is 26.6. The lowest BCUT2D eigenvalue weighted by Crippen LogP contribution is -2.57. The summed E-state index contributed by atoms with van der Waals surface area (Å²) in [7, 11) is 1.38. The lowest BCUT2D eigenvalue weighted by atomic mass is 9.81. The zero-order valence-electron chi connectivity index (χ0n) is 10.9. The van der Waals surface area contributed by atoms with Crippen LogP contribution in [-0.4, -0.2) is 37.7 Å². The maximum Gasteiger partial charge on any atom is 0.331 e. The fourth-order valence-corrected chi connectivity index (χ4v) is 2.81. The zero-order valence-corrected chi connectivity index (χ0v) is 10.9. The summed E-state index contributed by atoms with van der Waals surface area (Å²) in [6.45, 7) is 1.09. The third kappa shape index (κ3) is 2.66. The Hall–Kier alpha value is -1.10. The molecule has 1 saturated heterocycles. The summed E-state index contributed by atoms with van der Waals surface area (Å²) in [6.07, 6.45) is 5.12. The summed E-state index contributed by atoms with van der Waals surface area (Å²) < 4.78 is 10.1.